The first-order valence-electron chi connectivity index (χ1n) is 5.87. The van der Waals surface area contributed by atoms with Crippen molar-refractivity contribution in [3.63, 3.8) is 0 Å². The van der Waals surface area contributed by atoms with Gasteiger partial charge in [0.2, 0.25) is 0 Å². The molecule has 2 N–H and O–H groups in total. The van der Waals surface area contributed by atoms with Gasteiger partial charge in [0.05, 0.1) is 0 Å². The van der Waals surface area contributed by atoms with Crippen molar-refractivity contribution in [2.24, 2.45) is 5.92 Å². The van der Waals surface area contributed by atoms with E-state index in [0.29, 0.717) is 0 Å². The van der Waals surface area contributed by atoms with Gasteiger partial charge in [0.1, 0.15) is 0 Å². The summed E-state index contributed by atoms with van der Waals surface area (Å²) in [6, 6.07) is 5.73. The summed E-state index contributed by atoms with van der Waals surface area (Å²) in [5.41, 5.74) is 7.95. The van der Waals surface area contributed by atoms with Gasteiger partial charge in [-0.05, 0) is 48.3 Å². The summed E-state index contributed by atoms with van der Waals surface area (Å²) in [5.74, 6) is 3.19. The summed E-state index contributed by atoms with van der Waals surface area (Å²) >= 11 is 7.95. The van der Waals surface area contributed by atoms with E-state index in [2.05, 4.69) is 0 Å². The molecule has 0 atom stereocenters. The standard InChI is InChI=1S/C13H18ClNS/c14-12-5-6-13(15)11(7-12)9-16-8-10-3-1-2-4-10/h5-7,10H,1-4,8-9,15H2. The minimum absolute atomic E-state index is 0.783. The third-order valence-electron chi connectivity index (χ3n) is 3.19. The Hall–Kier alpha value is -0.340. The normalized spacial score (nSPS) is 16.8. The molecular weight excluding hydrogens is 238 g/mol. The van der Waals surface area contributed by atoms with E-state index in [9.17, 15) is 0 Å². The molecule has 16 heavy (non-hydrogen) atoms. The first-order valence-corrected chi connectivity index (χ1v) is 7.40. The topological polar surface area (TPSA) is 26.0 Å². The lowest BCUT2D eigenvalue weighted by molar-refractivity contribution is 0.623. The van der Waals surface area contributed by atoms with Crippen molar-refractivity contribution in [2.75, 3.05) is 11.5 Å². The molecule has 0 bridgehead atoms. The zero-order chi connectivity index (χ0) is 11.4. The van der Waals surface area contributed by atoms with Crippen LogP contribution in [0.1, 0.15) is 31.2 Å². The largest absolute Gasteiger partial charge is 0.398 e. The van der Waals surface area contributed by atoms with Crippen LogP contribution in [0, 0.1) is 5.92 Å². The molecule has 0 spiro atoms. The second-order valence-electron chi connectivity index (χ2n) is 4.51. The maximum Gasteiger partial charge on any atom is 0.0410 e. The van der Waals surface area contributed by atoms with Crippen molar-refractivity contribution in [1.82, 2.24) is 0 Å². The Kier molecular flexibility index (Phi) is 4.42. The number of nitrogen functional groups attached to an aromatic ring is 1. The zero-order valence-electron chi connectivity index (χ0n) is 9.42. The quantitative estimate of drug-likeness (QED) is 0.810. The fourth-order valence-electron chi connectivity index (χ4n) is 2.21. The summed E-state index contributed by atoms with van der Waals surface area (Å²) in [7, 11) is 0. The molecular formula is C13H18ClNS. The fraction of sp³-hybridized carbons (Fsp3) is 0.538. The van der Waals surface area contributed by atoms with Crippen molar-refractivity contribution in [2.45, 2.75) is 31.4 Å². The third kappa shape index (κ3) is 3.33. The minimum atomic E-state index is 0.783. The Labute approximate surface area is 107 Å². The van der Waals surface area contributed by atoms with Crippen molar-refractivity contribution < 1.29 is 0 Å². The van der Waals surface area contributed by atoms with Gasteiger partial charge >= 0.3 is 0 Å². The number of nitrogens with two attached hydrogens (primary N) is 1. The maximum atomic E-state index is 5.96. The van der Waals surface area contributed by atoms with Crippen LogP contribution in [0.5, 0.6) is 0 Å². The molecule has 0 aliphatic heterocycles. The van der Waals surface area contributed by atoms with Gasteiger partial charge in [0.15, 0.2) is 0 Å². The molecule has 0 unspecified atom stereocenters. The highest BCUT2D eigenvalue weighted by atomic mass is 35.5. The molecule has 1 aromatic carbocycles. The lowest BCUT2D eigenvalue weighted by Crippen LogP contribution is -1.98. The lowest BCUT2D eigenvalue weighted by atomic mass is 10.1. The first kappa shape index (κ1) is 12.1. The molecule has 1 nitrogen and oxygen atoms in total. The van der Waals surface area contributed by atoms with Crippen LogP contribution >= 0.6 is 23.4 Å². The molecule has 2 rings (SSSR count). The fourth-order valence-corrected chi connectivity index (χ4v) is 3.66. The number of anilines is 1. The van der Waals surface area contributed by atoms with Gasteiger partial charge in [-0.2, -0.15) is 11.8 Å². The Morgan fingerprint density at radius 2 is 2.06 bits per heavy atom. The van der Waals surface area contributed by atoms with Crippen LogP contribution in [0.25, 0.3) is 0 Å². The van der Waals surface area contributed by atoms with Crippen molar-refractivity contribution in [1.29, 1.82) is 0 Å². The second kappa shape index (κ2) is 5.83. The Balaban J connectivity index is 1.82. The number of hydrogen-bond acceptors (Lipinski definition) is 2. The van der Waals surface area contributed by atoms with Crippen molar-refractivity contribution in [3.8, 4) is 0 Å². The van der Waals surface area contributed by atoms with E-state index in [0.717, 1.165) is 22.4 Å². The van der Waals surface area contributed by atoms with Crippen LogP contribution in [0.4, 0.5) is 5.69 Å². The molecule has 1 saturated carbocycles. The van der Waals surface area contributed by atoms with E-state index in [1.807, 2.05) is 30.0 Å². The predicted molar refractivity (Wildman–Crippen MR) is 74.0 cm³/mol. The highest BCUT2D eigenvalue weighted by Gasteiger charge is 2.14. The number of hydrogen-bond donors (Lipinski definition) is 1. The number of halogens is 1. The molecule has 3 heteroatoms. The van der Waals surface area contributed by atoms with Crippen LogP contribution in [0.15, 0.2) is 18.2 Å². The molecule has 0 saturated heterocycles. The van der Waals surface area contributed by atoms with E-state index in [4.69, 9.17) is 17.3 Å². The summed E-state index contributed by atoms with van der Waals surface area (Å²) in [6.07, 6.45) is 5.67. The van der Waals surface area contributed by atoms with Crippen molar-refractivity contribution >= 4 is 29.1 Å². The zero-order valence-corrected chi connectivity index (χ0v) is 11.0. The molecule has 0 radical (unpaired) electrons. The second-order valence-corrected chi connectivity index (χ2v) is 5.98. The van der Waals surface area contributed by atoms with Gasteiger partial charge in [-0.25, -0.2) is 0 Å². The SMILES string of the molecule is Nc1ccc(Cl)cc1CSCC1CCCC1. The molecule has 1 aromatic rings. The molecule has 1 fully saturated rings. The summed E-state index contributed by atoms with van der Waals surface area (Å²) in [5, 5.41) is 0.783. The molecule has 0 amide bonds. The lowest BCUT2D eigenvalue weighted by Gasteiger charge is -2.09. The van der Waals surface area contributed by atoms with Crippen LogP contribution in [0.3, 0.4) is 0 Å². The number of benzene rings is 1. The van der Waals surface area contributed by atoms with E-state index in [1.165, 1.54) is 37.0 Å². The van der Waals surface area contributed by atoms with Crippen molar-refractivity contribution in [3.05, 3.63) is 28.8 Å². The van der Waals surface area contributed by atoms with Gasteiger partial charge < -0.3 is 5.73 Å². The van der Waals surface area contributed by atoms with Crippen LogP contribution in [-0.2, 0) is 5.75 Å². The number of thioether (sulfide) groups is 1. The molecule has 1 aliphatic carbocycles. The number of rotatable bonds is 4. The molecule has 1 aliphatic rings. The average molecular weight is 256 g/mol. The summed E-state index contributed by atoms with van der Waals surface area (Å²) < 4.78 is 0. The highest BCUT2D eigenvalue weighted by molar-refractivity contribution is 7.98. The Morgan fingerprint density at radius 1 is 1.31 bits per heavy atom. The average Bonchev–Trinajstić information content (AvgIpc) is 2.76. The van der Waals surface area contributed by atoms with E-state index < -0.39 is 0 Å². The minimum Gasteiger partial charge on any atom is -0.398 e. The smallest absolute Gasteiger partial charge is 0.0410 e. The Morgan fingerprint density at radius 3 is 2.81 bits per heavy atom. The predicted octanol–water partition coefficient (Wildman–Crippen LogP) is 4.35. The van der Waals surface area contributed by atoms with Gasteiger partial charge in [-0.15, -0.1) is 0 Å². The van der Waals surface area contributed by atoms with E-state index in [-0.39, 0.29) is 0 Å². The van der Waals surface area contributed by atoms with Crippen LogP contribution < -0.4 is 5.73 Å². The van der Waals surface area contributed by atoms with Gasteiger partial charge in [0, 0.05) is 16.5 Å². The molecule has 0 heterocycles. The van der Waals surface area contributed by atoms with Crippen LogP contribution in [-0.4, -0.2) is 5.75 Å². The molecule has 88 valence electrons. The first-order chi connectivity index (χ1) is 7.75. The van der Waals surface area contributed by atoms with Gasteiger partial charge in [-0.1, -0.05) is 24.4 Å². The highest BCUT2D eigenvalue weighted by Crippen LogP contribution is 2.30. The Bertz CT molecular complexity index is 348. The van der Waals surface area contributed by atoms with Gasteiger partial charge in [-0.3, -0.25) is 0 Å². The van der Waals surface area contributed by atoms with E-state index >= 15 is 0 Å². The monoisotopic (exact) mass is 255 g/mol. The maximum absolute atomic E-state index is 5.96. The van der Waals surface area contributed by atoms with Crippen LogP contribution in [0.2, 0.25) is 5.02 Å². The summed E-state index contributed by atoms with van der Waals surface area (Å²) in [4.78, 5) is 0. The third-order valence-corrected chi connectivity index (χ3v) is 4.65. The molecule has 0 aromatic heterocycles. The van der Waals surface area contributed by atoms with Gasteiger partial charge in [0.25, 0.3) is 0 Å². The summed E-state index contributed by atoms with van der Waals surface area (Å²) in [6.45, 7) is 0. The van der Waals surface area contributed by atoms with E-state index in [1.54, 1.807) is 0 Å².